The van der Waals surface area contributed by atoms with Crippen LogP contribution in [0, 0.1) is 6.92 Å². The van der Waals surface area contributed by atoms with Crippen LogP contribution < -0.4 is 5.32 Å². The molecule has 2 N–H and O–H groups in total. The van der Waals surface area contributed by atoms with E-state index in [4.69, 9.17) is 0 Å². The molecule has 3 heteroatoms. The summed E-state index contributed by atoms with van der Waals surface area (Å²) in [6.45, 7) is 6.46. The minimum Gasteiger partial charge on any atom is -0.388 e. The first-order chi connectivity index (χ1) is 13.4. The second-order valence-corrected chi connectivity index (χ2v) is 8.60. The van der Waals surface area contributed by atoms with Crippen molar-refractivity contribution < 1.29 is 5.11 Å². The number of benzene rings is 3. The number of halogens is 1. The molecule has 0 saturated carbocycles. The Morgan fingerprint density at radius 3 is 1.89 bits per heavy atom. The zero-order valence-electron chi connectivity index (χ0n) is 16.7. The molecule has 0 heterocycles. The zero-order valence-corrected chi connectivity index (χ0v) is 18.3. The van der Waals surface area contributed by atoms with Crippen LogP contribution in [0.15, 0.2) is 77.3 Å². The number of nitrogens with one attached hydrogen (secondary N) is 1. The molecule has 0 aliphatic rings. The summed E-state index contributed by atoms with van der Waals surface area (Å²) < 4.78 is 1.05. The van der Waals surface area contributed by atoms with E-state index in [-0.39, 0.29) is 6.04 Å². The lowest BCUT2D eigenvalue weighted by Gasteiger charge is -2.24. The fourth-order valence-electron chi connectivity index (χ4n) is 3.29. The fourth-order valence-corrected chi connectivity index (χ4v) is 3.55. The molecule has 3 rings (SSSR count). The molecule has 0 aliphatic carbocycles. The molecule has 0 amide bonds. The second kappa shape index (κ2) is 9.40. The van der Waals surface area contributed by atoms with E-state index in [1.54, 1.807) is 0 Å². The van der Waals surface area contributed by atoms with Gasteiger partial charge in [0.1, 0.15) is 0 Å². The fraction of sp³-hybridized carbons (Fsp3) is 0.280. The predicted octanol–water partition coefficient (Wildman–Crippen LogP) is 7.16. The van der Waals surface area contributed by atoms with Gasteiger partial charge >= 0.3 is 0 Å². The van der Waals surface area contributed by atoms with Crippen LogP contribution in [-0.4, -0.2) is 5.11 Å². The molecule has 2 unspecified atom stereocenters. The number of aryl methyl sites for hydroxylation is 1. The molecule has 0 aromatic heterocycles. The summed E-state index contributed by atoms with van der Waals surface area (Å²) in [7, 11) is 0. The Kier molecular flexibility index (Phi) is 6.93. The molecule has 146 valence electrons. The van der Waals surface area contributed by atoms with Gasteiger partial charge in [0, 0.05) is 16.6 Å². The lowest BCUT2D eigenvalue weighted by atomic mass is 9.94. The smallest absolute Gasteiger partial charge is 0.0812 e. The lowest BCUT2D eigenvalue weighted by molar-refractivity contribution is 0.160. The van der Waals surface area contributed by atoms with Crippen LogP contribution >= 0.6 is 15.9 Å². The standard InChI is InChI=1S/C25H28BrNO/c1-17(2)19-8-10-20(11-9-19)24(27-23-14-12-22(26)13-15-23)16-25(28)21-6-4-18(3)5-7-21/h4-15,17,24-25,27-28H,16H2,1-3H3. The number of anilines is 1. The summed E-state index contributed by atoms with van der Waals surface area (Å²) in [5.74, 6) is 0.505. The summed E-state index contributed by atoms with van der Waals surface area (Å²) in [6.07, 6.45) is 0.0680. The van der Waals surface area contributed by atoms with Crippen molar-refractivity contribution in [3.8, 4) is 0 Å². The van der Waals surface area contributed by atoms with Gasteiger partial charge < -0.3 is 10.4 Å². The number of hydrogen-bond acceptors (Lipinski definition) is 2. The monoisotopic (exact) mass is 437 g/mol. The van der Waals surface area contributed by atoms with Gasteiger partial charge in [-0.15, -0.1) is 0 Å². The van der Waals surface area contributed by atoms with Crippen molar-refractivity contribution in [2.75, 3.05) is 5.32 Å². The number of hydrogen-bond donors (Lipinski definition) is 2. The predicted molar refractivity (Wildman–Crippen MR) is 122 cm³/mol. The van der Waals surface area contributed by atoms with E-state index < -0.39 is 6.10 Å². The van der Waals surface area contributed by atoms with Gasteiger partial charge in [-0.3, -0.25) is 0 Å². The van der Waals surface area contributed by atoms with Gasteiger partial charge in [-0.2, -0.15) is 0 Å². The lowest BCUT2D eigenvalue weighted by Crippen LogP contribution is -2.15. The van der Waals surface area contributed by atoms with Crippen LogP contribution in [0.3, 0.4) is 0 Å². The average Bonchev–Trinajstić information content (AvgIpc) is 2.69. The van der Waals surface area contributed by atoms with Crippen LogP contribution in [0.2, 0.25) is 0 Å². The van der Waals surface area contributed by atoms with Crippen LogP contribution in [-0.2, 0) is 0 Å². The first-order valence-electron chi connectivity index (χ1n) is 9.79. The van der Waals surface area contributed by atoms with Crippen molar-refractivity contribution in [2.24, 2.45) is 0 Å². The largest absolute Gasteiger partial charge is 0.388 e. The van der Waals surface area contributed by atoms with Gasteiger partial charge in [0.25, 0.3) is 0 Å². The van der Waals surface area contributed by atoms with Gasteiger partial charge in [0.2, 0.25) is 0 Å². The Morgan fingerprint density at radius 2 is 1.32 bits per heavy atom. The summed E-state index contributed by atoms with van der Waals surface area (Å²) in [5.41, 5.74) is 5.69. The number of aliphatic hydroxyl groups excluding tert-OH is 1. The van der Waals surface area contributed by atoms with Gasteiger partial charge in [0.15, 0.2) is 0 Å². The maximum atomic E-state index is 10.9. The maximum absolute atomic E-state index is 10.9. The van der Waals surface area contributed by atoms with Gasteiger partial charge in [-0.05, 0) is 53.8 Å². The minimum absolute atomic E-state index is 0.0127. The summed E-state index contributed by atoms with van der Waals surface area (Å²) in [5, 5.41) is 14.5. The van der Waals surface area contributed by atoms with E-state index in [0.29, 0.717) is 12.3 Å². The van der Waals surface area contributed by atoms with Crippen molar-refractivity contribution in [3.63, 3.8) is 0 Å². The third-order valence-electron chi connectivity index (χ3n) is 5.11. The molecule has 0 spiro atoms. The quantitative estimate of drug-likeness (QED) is 0.410. The molecule has 3 aromatic carbocycles. The molecule has 0 bridgehead atoms. The molecular weight excluding hydrogens is 410 g/mol. The van der Waals surface area contributed by atoms with Crippen molar-refractivity contribution in [2.45, 2.75) is 45.3 Å². The molecule has 3 aromatic rings. The second-order valence-electron chi connectivity index (χ2n) is 7.69. The molecule has 28 heavy (non-hydrogen) atoms. The Bertz CT molecular complexity index is 870. The Morgan fingerprint density at radius 1 is 0.786 bits per heavy atom. The van der Waals surface area contributed by atoms with E-state index in [2.05, 4.69) is 78.4 Å². The van der Waals surface area contributed by atoms with Crippen molar-refractivity contribution in [1.82, 2.24) is 0 Å². The highest BCUT2D eigenvalue weighted by molar-refractivity contribution is 9.10. The Balaban J connectivity index is 1.84. The Hall–Kier alpha value is -2.10. The highest BCUT2D eigenvalue weighted by Gasteiger charge is 2.18. The normalized spacial score (nSPS) is 13.4. The van der Waals surface area contributed by atoms with Crippen molar-refractivity contribution in [3.05, 3.63) is 99.5 Å². The molecule has 2 atom stereocenters. The number of rotatable bonds is 7. The van der Waals surface area contributed by atoms with E-state index in [1.165, 1.54) is 16.7 Å². The van der Waals surface area contributed by atoms with Gasteiger partial charge in [-0.1, -0.05) is 83.9 Å². The first kappa shape index (κ1) is 20.6. The Labute approximate surface area is 176 Å². The molecule has 0 aliphatic heterocycles. The summed E-state index contributed by atoms with van der Waals surface area (Å²) >= 11 is 3.49. The average molecular weight is 438 g/mol. The third kappa shape index (κ3) is 5.46. The highest BCUT2D eigenvalue weighted by atomic mass is 79.9. The van der Waals surface area contributed by atoms with E-state index in [9.17, 15) is 5.11 Å². The van der Waals surface area contributed by atoms with Crippen LogP contribution in [0.4, 0.5) is 5.69 Å². The highest BCUT2D eigenvalue weighted by Crippen LogP contribution is 2.31. The van der Waals surface area contributed by atoms with E-state index in [0.717, 1.165) is 15.7 Å². The van der Waals surface area contributed by atoms with E-state index >= 15 is 0 Å². The molecule has 0 saturated heterocycles. The van der Waals surface area contributed by atoms with Crippen LogP contribution in [0.1, 0.15) is 60.6 Å². The SMILES string of the molecule is Cc1ccc(C(O)CC(Nc2ccc(Br)cc2)c2ccc(C(C)C)cc2)cc1. The summed E-state index contributed by atoms with van der Waals surface area (Å²) in [6, 6.07) is 25.0. The molecule has 0 fully saturated rings. The van der Waals surface area contributed by atoms with Gasteiger partial charge in [-0.25, -0.2) is 0 Å². The van der Waals surface area contributed by atoms with E-state index in [1.807, 2.05) is 36.4 Å². The van der Waals surface area contributed by atoms with Crippen LogP contribution in [0.5, 0.6) is 0 Å². The maximum Gasteiger partial charge on any atom is 0.0812 e. The molecule has 0 radical (unpaired) electrons. The van der Waals surface area contributed by atoms with Crippen LogP contribution in [0.25, 0.3) is 0 Å². The third-order valence-corrected chi connectivity index (χ3v) is 5.64. The number of aliphatic hydroxyl groups is 1. The minimum atomic E-state index is -0.529. The summed E-state index contributed by atoms with van der Waals surface area (Å²) in [4.78, 5) is 0. The van der Waals surface area contributed by atoms with Crippen molar-refractivity contribution >= 4 is 21.6 Å². The first-order valence-corrected chi connectivity index (χ1v) is 10.6. The molecule has 2 nitrogen and oxygen atoms in total. The van der Waals surface area contributed by atoms with Gasteiger partial charge in [0.05, 0.1) is 12.1 Å². The van der Waals surface area contributed by atoms with Crippen molar-refractivity contribution in [1.29, 1.82) is 0 Å². The zero-order chi connectivity index (χ0) is 20.1. The topological polar surface area (TPSA) is 32.3 Å². The molecular formula is C25H28BrNO.